The molecular formula is C17H26N2O4S. The first kappa shape index (κ1) is 18.7. The Balaban J connectivity index is 1.82. The van der Waals surface area contributed by atoms with Crippen LogP contribution in [0.5, 0.6) is 5.75 Å². The van der Waals surface area contributed by atoms with E-state index in [2.05, 4.69) is 0 Å². The molecule has 0 aromatic heterocycles. The van der Waals surface area contributed by atoms with Crippen molar-refractivity contribution < 1.29 is 17.9 Å². The quantitative estimate of drug-likeness (QED) is 0.805. The van der Waals surface area contributed by atoms with E-state index in [9.17, 15) is 13.2 Å². The zero-order valence-corrected chi connectivity index (χ0v) is 15.4. The van der Waals surface area contributed by atoms with Crippen molar-refractivity contribution in [1.29, 1.82) is 0 Å². The zero-order valence-electron chi connectivity index (χ0n) is 14.6. The average Bonchev–Trinajstić information content (AvgIpc) is 2.75. The molecule has 1 aliphatic heterocycles. The summed E-state index contributed by atoms with van der Waals surface area (Å²) >= 11 is 0. The minimum atomic E-state index is -3.19. The molecule has 7 heteroatoms. The maximum atomic E-state index is 12.3. The zero-order chi connectivity index (χ0) is 17.7. The predicted molar refractivity (Wildman–Crippen MR) is 93.6 cm³/mol. The SMILES string of the molecule is Cc1ccc(OCCC(=O)N2CCCN(S(C)(=O)=O)CC2)c(C)c1. The fraction of sp³-hybridized carbons (Fsp3) is 0.588. The molecule has 0 bridgehead atoms. The molecule has 1 aromatic carbocycles. The van der Waals surface area contributed by atoms with Crippen LogP contribution in [0.15, 0.2) is 18.2 Å². The molecule has 1 saturated heterocycles. The highest BCUT2D eigenvalue weighted by Gasteiger charge is 2.23. The van der Waals surface area contributed by atoms with E-state index in [1.54, 1.807) is 4.90 Å². The number of nitrogens with zero attached hydrogens (tertiary/aromatic N) is 2. The lowest BCUT2D eigenvalue weighted by atomic mass is 10.1. The van der Waals surface area contributed by atoms with Gasteiger partial charge in [0.05, 0.1) is 19.3 Å². The van der Waals surface area contributed by atoms with Crippen molar-refractivity contribution in [2.24, 2.45) is 0 Å². The van der Waals surface area contributed by atoms with E-state index in [1.165, 1.54) is 16.1 Å². The summed E-state index contributed by atoms with van der Waals surface area (Å²) in [4.78, 5) is 14.0. The average molecular weight is 354 g/mol. The van der Waals surface area contributed by atoms with Crippen molar-refractivity contribution in [2.75, 3.05) is 39.0 Å². The lowest BCUT2D eigenvalue weighted by Crippen LogP contribution is -2.37. The number of carbonyl (C=O) groups excluding carboxylic acids is 1. The topological polar surface area (TPSA) is 66.9 Å². The Hall–Kier alpha value is -1.60. The van der Waals surface area contributed by atoms with Crippen molar-refractivity contribution in [2.45, 2.75) is 26.7 Å². The smallest absolute Gasteiger partial charge is 0.226 e. The van der Waals surface area contributed by atoms with Crippen LogP contribution in [0, 0.1) is 13.8 Å². The minimum Gasteiger partial charge on any atom is -0.493 e. The van der Waals surface area contributed by atoms with Crippen LogP contribution in [0.4, 0.5) is 0 Å². The van der Waals surface area contributed by atoms with Gasteiger partial charge in [-0.25, -0.2) is 12.7 Å². The molecule has 0 atom stereocenters. The summed E-state index contributed by atoms with van der Waals surface area (Å²) in [6.45, 7) is 6.21. The number of sulfonamides is 1. The fourth-order valence-electron chi connectivity index (χ4n) is 2.84. The van der Waals surface area contributed by atoms with Gasteiger partial charge in [0.1, 0.15) is 5.75 Å². The van der Waals surface area contributed by atoms with E-state index >= 15 is 0 Å². The molecule has 1 fully saturated rings. The second-order valence-corrected chi connectivity index (χ2v) is 8.25. The van der Waals surface area contributed by atoms with Crippen LogP contribution in [0.3, 0.4) is 0 Å². The van der Waals surface area contributed by atoms with Crippen LogP contribution < -0.4 is 4.74 Å². The van der Waals surface area contributed by atoms with Gasteiger partial charge < -0.3 is 9.64 Å². The summed E-state index contributed by atoms with van der Waals surface area (Å²) < 4.78 is 30.3. The highest BCUT2D eigenvalue weighted by atomic mass is 32.2. The Labute approximate surface area is 144 Å². The van der Waals surface area contributed by atoms with Crippen molar-refractivity contribution in [3.8, 4) is 5.75 Å². The molecule has 0 N–H and O–H groups in total. The Morgan fingerprint density at radius 1 is 1.17 bits per heavy atom. The molecular weight excluding hydrogens is 328 g/mol. The first-order chi connectivity index (χ1) is 11.3. The van der Waals surface area contributed by atoms with E-state index in [0.29, 0.717) is 45.6 Å². The van der Waals surface area contributed by atoms with Gasteiger partial charge in [-0.3, -0.25) is 4.79 Å². The molecule has 0 radical (unpaired) electrons. The Bertz CT molecular complexity index is 688. The molecule has 24 heavy (non-hydrogen) atoms. The molecule has 1 heterocycles. The van der Waals surface area contributed by atoms with Crippen LogP contribution in [0.25, 0.3) is 0 Å². The van der Waals surface area contributed by atoms with Gasteiger partial charge in [0, 0.05) is 26.2 Å². The number of benzene rings is 1. The van der Waals surface area contributed by atoms with Gasteiger partial charge in [0.25, 0.3) is 0 Å². The number of amides is 1. The second kappa shape index (κ2) is 7.98. The molecule has 1 amide bonds. The molecule has 0 aliphatic carbocycles. The molecule has 1 aromatic rings. The number of hydrogen-bond donors (Lipinski definition) is 0. The number of rotatable bonds is 5. The Morgan fingerprint density at radius 3 is 2.58 bits per heavy atom. The number of carbonyl (C=O) groups is 1. The molecule has 0 saturated carbocycles. The lowest BCUT2D eigenvalue weighted by Gasteiger charge is -2.21. The molecule has 6 nitrogen and oxygen atoms in total. The Kier molecular flexibility index (Phi) is 6.23. The van der Waals surface area contributed by atoms with Crippen molar-refractivity contribution in [3.05, 3.63) is 29.3 Å². The molecule has 134 valence electrons. The van der Waals surface area contributed by atoms with Crippen LogP contribution >= 0.6 is 0 Å². The number of aryl methyl sites for hydroxylation is 2. The van der Waals surface area contributed by atoms with Gasteiger partial charge in [0.2, 0.25) is 15.9 Å². The van der Waals surface area contributed by atoms with Crippen LogP contribution in [0.1, 0.15) is 24.0 Å². The minimum absolute atomic E-state index is 0.00937. The van der Waals surface area contributed by atoms with Gasteiger partial charge in [0.15, 0.2) is 0 Å². The van der Waals surface area contributed by atoms with E-state index < -0.39 is 10.0 Å². The van der Waals surface area contributed by atoms with E-state index in [0.717, 1.165) is 11.3 Å². The van der Waals surface area contributed by atoms with Crippen LogP contribution in [0.2, 0.25) is 0 Å². The third-order valence-electron chi connectivity index (χ3n) is 4.18. The Morgan fingerprint density at radius 2 is 1.92 bits per heavy atom. The maximum Gasteiger partial charge on any atom is 0.226 e. The van der Waals surface area contributed by atoms with E-state index in [-0.39, 0.29) is 5.91 Å². The monoisotopic (exact) mass is 354 g/mol. The van der Waals surface area contributed by atoms with Gasteiger partial charge >= 0.3 is 0 Å². The third kappa shape index (κ3) is 5.21. The largest absolute Gasteiger partial charge is 0.493 e. The molecule has 1 aliphatic rings. The third-order valence-corrected chi connectivity index (χ3v) is 5.48. The summed E-state index contributed by atoms with van der Waals surface area (Å²) in [5.41, 5.74) is 2.23. The van der Waals surface area contributed by atoms with Gasteiger partial charge in [-0.2, -0.15) is 0 Å². The fourth-order valence-corrected chi connectivity index (χ4v) is 3.72. The maximum absolute atomic E-state index is 12.3. The summed E-state index contributed by atoms with van der Waals surface area (Å²) in [6, 6.07) is 5.95. The first-order valence-corrected chi connectivity index (χ1v) is 10.0. The van der Waals surface area contributed by atoms with Gasteiger partial charge in [-0.15, -0.1) is 0 Å². The van der Waals surface area contributed by atoms with Crippen LogP contribution in [-0.4, -0.2) is 62.6 Å². The second-order valence-electron chi connectivity index (χ2n) is 6.26. The van der Waals surface area contributed by atoms with E-state index in [1.807, 2.05) is 32.0 Å². The van der Waals surface area contributed by atoms with Crippen molar-refractivity contribution >= 4 is 15.9 Å². The van der Waals surface area contributed by atoms with Crippen LogP contribution in [-0.2, 0) is 14.8 Å². The predicted octanol–water partition coefficient (Wildman–Crippen LogP) is 1.57. The highest BCUT2D eigenvalue weighted by Crippen LogP contribution is 2.19. The number of ether oxygens (including phenoxy) is 1. The summed E-state index contributed by atoms with van der Waals surface area (Å²) in [5.74, 6) is 0.808. The van der Waals surface area contributed by atoms with Crippen molar-refractivity contribution in [1.82, 2.24) is 9.21 Å². The molecule has 0 unspecified atom stereocenters. The summed E-state index contributed by atoms with van der Waals surface area (Å²) in [5, 5.41) is 0. The lowest BCUT2D eigenvalue weighted by molar-refractivity contribution is -0.131. The van der Waals surface area contributed by atoms with Gasteiger partial charge in [-0.1, -0.05) is 17.7 Å². The van der Waals surface area contributed by atoms with Gasteiger partial charge in [-0.05, 0) is 31.9 Å². The molecule has 2 rings (SSSR count). The number of hydrogen-bond acceptors (Lipinski definition) is 4. The van der Waals surface area contributed by atoms with Crippen molar-refractivity contribution in [3.63, 3.8) is 0 Å². The highest BCUT2D eigenvalue weighted by molar-refractivity contribution is 7.88. The summed E-state index contributed by atoms with van der Waals surface area (Å²) in [7, 11) is -3.19. The van der Waals surface area contributed by atoms with E-state index in [4.69, 9.17) is 4.74 Å². The summed E-state index contributed by atoms with van der Waals surface area (Å²) in [6.07, 6.45) is 2.17. The molecule has 0 spiro atoms. The first-order valence-electron chi connectivity index (χ1n) is 8.20. The standard InChI is InChI=1S/C17H26N2O4S/c1-14-5-6-16(15(2)13-14)23-12-7-17(20)18-8-4-9-19(11-10-18)24(3,21)22/h5-6,13H,4,7-12H2,1-3H3. The normalized spacial score (nSPS) is 16.7.